The average Bonchev–Trinajstić information content (AvgIpc) is 2.89. The van der Waals surface area contributed by atoms with Gasteiger partial charge in [-0.2, -0.15) is 0 Å². The molecule has 0 aliphatic carbocycles. The fourth-order valence-electron chi connectivity index (χ4n) is 3.05. The van der Waals surface area contributed by atoms with Crippen molar-refractivity contribution < 1.29 is 9.59 Å². The zero-order chi connectivity index (χ0) is 18.6. The van der Waals surface area contributed by atoms with Gasteiger partial charge >= 0.3 is 0 Å². The Morgan fingerprint density at radius 2 is 1.78 bits per heavy atom. The van der Waals surface area contributed by atoms with Crippen LogP contribution in [0.2, 0.25) is 0 Å². The minimum Gasteiger partial charge on any atom is -0.326 e. The number of fused-ring (bicyclic) bond motifs is 1. The number of anilines is 2. The summed E-state index contributed by atoms with van der Waals surface area (Å²) in [7, 11) is 0. The summed E-state index contributed by atoms with van der Waals surface area (Å²) in [5.74, 6) is 0.389. The predicted molar refractivity (Wildman–Crippen MR) is 103 cm³/mol. The second kappa shape index (κ2) is 7.37. The lowest BCUT2D eigenvalue weighted by molar-refractivity contribution is -0.116. The SMILES string of the molecule is O=C1CCCc2cc(C(=O)Nc3cnc(-c4ccccc4)nc3)ccc2N1. The molecule has 0 fully saturated rings. The summed E-state index contributed by atoms with van der Waals surface area (Å²) in [6.07, 6.45) is 5.23. The molecule has 0 unspecified atom stereocenters. The molecule has 0 saturated carbocycles. The van der Waals surface area contributed by atoms with Gasteiger partial charge in [-0.25, -0.2) is 9.97 Å². The molecule has 0 bridgehead atoms. The monoisotopic (exact) mass is 358 g/mol. The standard InChI is InChI=1S/C21H18N4O2/c26-19-8-4-7-15-11-16(9-10-18(15)25-19)21(27)24-17-12-22-20(23-13-17)14-5-2-1-3-6-14/h1-3,5-6,9-13H,4,7-8H2,(H,24,27)(H,25,26). The van der Waals surface area contributed by atoms with E-state index in [2.05, 4.69) is 20.6 Å². The summed E-state index contributed by atoms with van der Waals surface area (Å²) in [6, 6.07) is 15.0. The Labute approximate surface area is 156 Å². The number of hydrogen-bond acceptors (Lipinski definition) is 4. The zero-order valence-corrected chi connectivity index (χ0v) is 14.6. The average molecular weight is 358 g/mol. The number of carbonyl (C=O) groups is 2. The topological polar surface area (TPSA) is 84.0 Å². The quantitative estimate of drug-likeness (QED) is 0.748. The zero-order valence-electron chi connectivity index (χ0n) is 14.6. The first-order valence-electron chi connectivity index (χ1n) is 8.81. The van der Waals surface area contributed by atoms with Crippen LogP contribution in [0, 0.1) is 0 Å². The van der Waals surface area contributed by atoms with E-state index in [-0.39, 0.29) is 11.8 Å². The molecule has 2 aromatic carbocycles. The number of nitrogens with zero attached hydrogens (tertiary/aromatic N) is 2. The lowest BCUT2D eigenvalue weighted by Crippen LogP contribution is -2.13. The molecule has 2 heterocycles. The van der Waals surface area contributed by atoms with Crippen molar-refractivity contribution in [3.8, 4) is 11.4 Å². The van der Waals surface area contributed by atoms with Crippen molar-refractivity contribution >= 4 is 23.2 Å². The Morgan fingerprint density at radius 3 is 2.56 bits per heavy atom. The number of nitrogens with one attached hydrogen (secondary N) is 2. The minimum atomic E-state index is -0.232. The summed E-state index contributed by atoms with van der Waals surface area (Å²) < 4.78 is 0. The number of aryl methyl sites for hydroxylation is 1. The van der Waals surface area contributed by atoms with E-state index in [1.165, 1.54) is 0 Å². The summed E-state index contributed by atoms with van der Waals surface area (Å²) in [4.78, 5) is 32.8. The molecule has 0 saturated heterocycles. The molecule has 3 aromatic rings. The van der Waals surface area contributed by atoms with Crippen LogP contribution < -0.4 is 10.6 Å². The highest BCUT2D eigenvalue weighted by Gasteiger charge is 2.15. The van der Waals surface area contributed by atoms with Gasteiger partial charge < -0.3 is 10.6 Å². The van der Waals surface area contributed by atoms with Gasteiger partial charge in [0.15, 0.2) is 5.82 Å². The summed E-state index contributed by atoms with van der Waals surface area (Å²) >= 11 is 0. The second-order valence-corrected chi connectivity index (χ2v) is 6.39. The van der Waals surface area contributed by atoms with Gasteiger partial charge in [0.25, 0.3) is 5.91 Å². The van der Waals surface area contributed by atoms with Crippen LogP contribution in [0.1, 0.15) is 28.8 Å². The molecular weight excluding hydrogens is 340 g/mol. The fourth-order valence-corrected chi connectivity index (χ4v) is 3.05. The molecule has 0 atom stereocenters. The van der Waals surface area contributed by atoms with E-state index in [4.69, 9.17) is 0 Å². The van der Waals surface area contributed by atoms with Crippen molar-refractivity contribution in [1.29, 1.82) is 0 Å². The van der Waals surface area contributed by atoms with Crippen LogP contribution in [0.5, 0.6) is 0 Å². The maximum atomic E-state index is 12.6. The van der Waals surface area contributed by atoms with Crippen LogP contribution in [-0.2, 0) is 11.2 Å². The lowest BCUT2D eigenvalue weighted by Gasteiger charge is -2.10. The van der Waals surface area contributed by atoms with E-state index in [9.17, 15) is 9.59 Å². The van der Waals surface area contributed by atoms with Gasteiger partial charge in [0, 0.05) is 23.2 Å². The highest BCUT2D eigenvalue weighted by atomic mass is 16.2. The van der Waals surface area contributed by atoms with Crippen LogP contribution in [0.15, 0.2) is 60.9 Å². The number of hydrogen-bond donors (Lipinski definition) is 2. The van der Waals surface area contributed by atoms with Crippen molar-refractivity contribution in [1.82, 2.24) is 9.97 Å². The Bertz CT molecular complexity index is 985. The molecule has 27 heavy (non-hydrogen) atoms. The van der Waals surface area contributed by atoms with Gasteiger partial charge in [0.05, 0.1) is 18.1 Å². The van der Waals surface area contributed by atoms with Crippen LogP contribution in [-0.4, -0.2) is 21.8 Å². The molecule has 1 aliphatic heterocycles. The van der Waals surface area contributed by atoms with Crippen molar-refractivity contribution in [2.24, 2.45) is 0 Å². The van der Waals surface area contributed by atoms with Crippen LogP contribution in [0.4, 0.5) is 11.4 Å². The number of benzene rings is 2. The van der Waals surface area contributed by atoms with Crippen molar-refractivity contribution in [2.45, 2.75) is 19.3 Å². The fraction of sp³-hybridized carbons (Fsp3) is 0.143. The van der Waals surface area contributed by atoms with Crippen molar-refractivity contribution in [3.05, 3.63) is 72.1 Å². The molecule has 6 nitrogen and oxygen atoms in total. The van der Waals surface area contributed by atoms with Gasteiger partial charge in [-0.3, -0.25) is 9.59 Å². The van der Waals surface area contributed by atoms with Gasteiger partial charge in [-0.15, -0.1) is 0 Å². The first-order valence-corrected chi connectivity index (χ1v) is 8.81. The first-order chi connectivity index (χ1) is 13.2. The number of aromatic nitrogens is 2. The maximum Gasteiger partial charge on any atom is 0.255 e. The van der Waals surface area contributed by atoms with Crippen LogP contribution >= 0.6 is 0 Å². The van der Waals surface area contributed by atoms with E-state index in [1.54, 1.807) is 24.5 Å². The third kappa shape index (κ3) is 3.84. The first kappa shape index (κ1) is 16.9. The summed E-state index contributed by atoms with van der Waals surface area (Å²) in [5, 5.41) is 5.69. The predicted octanol–water partition coefficient (Wildman–Crippen LogP) is 3.67. The van der Waals surface area contributed by atoms with E-state index in [1.807, 2.05) is 36.4 Å². The van der Waals surface area contributed by atoms with E-state index >= 15 is 0 Å². The van der Waals surface area contributed by atoms with Crippen LogP contribution in [0.25, 0.3) is 11.4 Å². The molecule has 1 aliphatic rings. The summed E-state index contributed by atoms with van der Waals surface area (Å²) in [5.41, 5.74) is 3.75. The number of carbonyl (C=O) groups excluding carboxylic acids is 2. The van der Waals surface area contributed by atoms with Crippen molar-refractivity contribution in [2.75, 3.05) is 10.6 Å². The number of amides is 2. The van der Waals surface area contributed by atoms with Gasteiger partial charge in [0.2, 0.25) is 5.91 Å². The second-order valence-electron chi connectivity index (χ2n) is 6.39. The third-order valence-electron chi connectivity index (χ3n) is 4.43. The van der Waals surface area contributed by atoms with Gasteiger partial charge in [0.1, 0.15) is 0 Å². The van der Waals surface area contributed by atoms with Gasteiger partial charge in [-0.1, -0.05) is 30.3 Å². The molecule has 1 aromatic heterocycles. The lowest BCUT2D eigenvalue weighted by atomic mass is 10.0. The highest BCUT2D eigenvalue weighted by Crippen LogP contribution is 2.24. The normalized spacial score (nSPS) is 13.3. The molecule has 2 amide bonds. The Balaban J connectivity index is 1.49. The van der Waals surface area contributed by atoms with E-state index in [0.29, 0.717) is 23.5 Å². The van der Waals surface area contributed by atoms with E-state index in [0.717, 1.165) is 29.7 Å². The Morgan fingerprint density at radius 1 is 1.00 bits per heavy atom. The van der Waals surface area contributed by atoms with Crippen LogP contribution in [0.3, 0.4) is 0 Å². The summed E-state index contributed by atoms with van der Waals surface area (Å²) in [6.45, 7) is 0. The largest absolute Gasteiger partial charge is 0.326 e. The molecule has 2 N–H and O–H groups in total. The molecule has 6 heteroatoms. The minimum absolute atomic E-state index is 0.0154. The number of rotatable bonds is 3. The van der Waals surface area contributed by atoms with E-state index < -0.39 is 0 Å². The highest BCUT2D eigenvalue weighted by molar-refractivity contribution is 6.05. The maximum absolute atomic E-state index is 12.6. The smallest absolute Gasteiger partial charge is 0.255 e. The Hall–Kier alpha value is -3.54. The third-order valence-corrected chi connectivity index (χ3v) is 4.43. The molecule has 4 rings (SSSR count). The van der Waals surface area contributed by atoms with Gasteiger partial charge in [-0.05, 0) is 36.6 Å². The molecular formula is C21H18N4O2. The molecule has 0 spiro atoms. The Kier molecular flexibility index (Phi) is 4.61. The van der Waals surface area contributed by atoms with Crippen molar-refractivity contribution in [3.63, 3.8) is 0 Å². The molecule has 134 valence electrons. The molecule has 0 radical (unpaired) electrons.